The molecule has 1 aromatic rings. The lowest BCUT2D eigenvalue weighted by Crippen LogP contribution is -2.52. The number of halogens is 1. The summed E-state index contributed by atoms with van der Waals surface area (Å²) in [4.78, 5) is 12.2. The van der Waals surface area contributed by atoms with Crippen molar-refractivity contribution in [2.75, 3.05) is 6.54 Å². The molecule has 2 unspecified atom stereocenters. The van der Waals surface area contributed by atoms with Crippen molar-refractivity contribution in [1.82, 2.24) is 10.6 Å². The molecule has 2 atom stereocenters. The maximum atomic E-state index is 12.2. The Morgan fingerprint density at radius 3 is 2.94 bits per heavy atom. The van der Waals surface area contributed by atoms with Gasteiger partial charge in [0.25, 0.3) is 5.91 Å². The third kappa shape index (κ3) is 3.03. The second kappa shape index (κ2) is 5.72. The number of rotatable bonds is 2. The molecule has 0 radical (unpaired) electrons. The van der Waals surface area contributed by atoms with Crippen LogP contribution in [0.2, 0.25) is 5.02 Å². The Morgan fingerprint density at radius 1 is 1.50 bits per heavy atom. The van der Waals surface area contributed by atoms with E-state index in [0.717, 1.165) is 24.9 Å². The third-order valence-electron chi connectivity index (χ3n) is 3.51. The van der Waals surface area contributed by atoms with E-state index in [1.165, 1.54) is 0 Å². The lowest BCUT2D eigenvalue weighted by molar-refractivity contribution is 0.0919. The SMILES string of the molecule is Cc1cc(Cl)ccc1C(=O)NC1CCCNC1C. The lowest BCUT2D eigenvalue weighted by Gasteiger charge is -2.30. The summed E-state index contributed by atoms with van der Waals surface area (Å²) >= 11 is 5.89. The fraction of sp³-hybridized carbons (Fsp3) is 0.500. The van der Waals surface area contributed by atoms with Crippen LogP contribution in [0.4, 0.5) is 0 Å². The second-order valence-electron chi connectivity index (χ2n) is 4.92. The molecule has 1 heterocycles. The zero-order valence-electron chi connectivity index (χ0n) is 10.8. The molecule has 0 aromatic heterocycles. The Morgan fingerprint density at radius 2 is 2.28 bits per heavy atom. The summed E-state index contributed by atoms with van der Waals surface area (Å²) in [5.41, 5.74) is 1.62. The van der Waals surface area contributed by atoms with Gasteiger partial charge in [0.2, 0.25) is 0 Å². The van der Waals surface area contributed by atoms with Crippen molar-refractivity contribution in [2.45, 2.75) is 38.8 Å². The average molecular weight is 267 g/mol. The number of piperidine rings is 1. The van der Waals surface area contributed by atoms with Crippen molar-refractivity contribution in [2.24, 2.45) is 0 Å². The number of amides is 1. The molecular formula is C14H19ClN2O. The fourth-order valence-electron chi connectivity index (χ4n) is 2.37. The molecule has 0 bridgehead atoms. The van der Waals surface area contributed by atoms with E-state index in [1.807, 2.05) is 13.0 Å². The van der Waals surface area contributed by atoms with E-state index < -0.39 is 0 Å². The van der Waals surface area contributed by atoms with E-state index in [1.54, 1.807) is 12.1 Å². The highest BCUT2D eigenvalue weighted by atomic mass is 35.5. The van der Waals surface area contributed by atoms with Gasteiger partial charge in [-0.2, -0.15) is 0 Å². The summed E-state index contributed by atoms with van der Waals surface area (Å²) < 4.78 is 0. The summed E-state index contributed by atoms with van der Waals surface area (Å²) in [7, 11) is 0. The molecule has 0 spiro atoms. The van der Waals surface area contributed by atoms with E-state index in [2.05, 4.69) is 17.6 Å². The van der Waals surface area contributed by atoms with Gasteiger partial charge in [0.15, 0.2) is 0 Å². The fourth-order valence-corrected chi connectivity index (χ4v) is 2.60. The Kier molecular flexibility index (Phi) is 4.25. The monoisotopic (exact) mass is 266 g/mol. The Labute approximate surface area is 113 Å². The Hall–Kier alpha value is -1.06. The van der Waals surface area contributed by atoms with Gasteiger partial charge in [-0.25, -0.2) is 0 Å². The van der Waals surface area contributed by atoms with E-state index in [-0.39, 0.29) is 11.9 Å². The molecule has 1 aromatic carbocycles. The van der Waals surface area contributed by atoms with Gasteiger partial charge in [-0.3, -0.25) is 4.79 Å². The first-order chi connectivity index (χ1) is 8.58. The molecule has 1 aliphatic heterocycles. The van der Waals surface area contributed by atoms with Crippen LogP contribution in [0.3, 0.4) is 0 Å². The third-order valence-corrected chi connectivity index (χ3v) is 3.75. The number of aryl methyl sites for hydroxylation is 1. The van der Waals surface area contributed by atoms with Gasteiger partial charge in [0.05, 0.1) is 0 Å². The van der Waals surface area contributed by atoms with E-state index in [4.69, 9.17) is 11.6 Å². The normalized spacial score (nSPS) is 23.7. The molecule has 1 fully saturated rings. The molecule has 4 heteroatoms. The summed E-state index contributed by atoms with van der Waals surface area (Å²) in [6.07, 6.45) is 2.14. The molecule has 2 rings (SSSR count). The lowest BCUT2D eigenvalue weighted by atomic mass is 9.99. The first-order valence-corrected chi connectivity index (χ1v) is 6.76. The molecule has 0 aliphatic carbocycles. The quantitative estimate of drug-likeness (QED) is 0.864. The van der Waals surface area contributed by atoms with Gasteiger partial charge < -0.3 is 10.6 Å². The van der Waals surface area contributed by atoms with Crippen LogP contribution in [0, 0.1) is 6.92 Å². The standard InChI is InChI=1S/C14H19ClN2O/c1-9-8-11(15)5-6-12(9)14(18)17-13-4-3-7-16-10(13)2/h5-6,8,10,13,16H,3-4,7H2,1-2H3,(H,17,18). The zero-order valence-corrected chi connectivity index (χ0v) is 11.6. The van der Waals surface area contributed by atoms with Gasteiger partial charge in [0, 0.05) is 22.7 Å². The van der Waals surface area contributed by atoms with Crippen LogP contribution in [0.15, 0.2) is 18.2 Å². The number of nitrogens with one attached hydrogen (secondary N) is 2. The van der Waals surface area contributed by atoms with Crippen molar-refractivity contribution < 1.29 is 4.79 Å². The van der Waals surface area contributed by atoms with Crippen LogP contribution in [0.25, 0.3) is 0 Å². The number of benzene rings is 1. The molecular weight excluding hydrogens is 248 g/mol. The number of carbonyl (C=O) groups excluding carboxylic acids is 1. The topological polar surface area (TPSA) is 41.1 Å². The highest BCUT2D eigenvalue weighted by molar-refractivity contribution is 6.30. The maximum absolute atomic E-state index is 12.2. The van der Waals surface area contributed by atoms with Crippen LogP contribution in [0.5, 0.6) is 0 Å². The first-order valence-electron chi connectivity index (χ1n) is 6.38. The van der Waals surface area contributed by atoms with Gasteiger partial charge >= 0.3 is 0 Å². The summed E-state index contributed by atoms with van der Waals surface area (Å²) in [6.45, 7) is 5.05. The van der Waals surface area contributed by atoms with Crippen LogP contribution in [-0.4, -0.2) is 24.5 Å². The van der Waals surface area contributed by atoms with Gasteiger partial charge in [-0.05, 0) is 57.0 Å². The number of carbonyl (C=O) groups is 1. The number of hydrogen-bond acceptors (Lipinski definition) is 2. The molecule has 2 N–H and O–H groups in total. The highest BCUT2D eigenvalue weighted by Gasteiger charge is 2.23. The largest absolute Gasteiger partial charge is 0.348 e. The maximum Gasteiger partial charge on any atom is 0.251 e. The predicted molar refractivity (Wildman–Crippen MR) is 74.1 cm³/mol. The second-order valence-corrected chi connectivity index (χ2v) is 5.36. The molecule has 1 saturated heterocycles. The Balaban J connectivity index is 2.07. The minimum atomic E-state index is -0.00952. The van der Waals surface area contributed by atoms with Gasteiger partial charge in [-0.1, -0.05) is 11.6 Å². The van der Waals surface area contributed by atoms with Gasteiger partial charge in [0.1, 0.15) is 0 Å². The zero-order chi connectivity index (χ0) is 13.1. The molecule has 3 nitrogen and oxygen atoms in total. The molecule has 0 saturated carbocycles. The molecule has 1 aliphatic rings. The van der Waals surface area contributed by atoms with Crippen molar-refractivity contribution in [3.05, 3.63) is 34.3 Å². The van der Waals surface area contributed by atoms with Crippen LogP contribution < -0.4 is 10.6 Å². The summed E-state index contributed by atoms with van der Waals surface area (Å²) in [5, 5.41) is 7.14. The average Bonchev–Trinajstić information content (AvgIpc) is 2.32. The van der Waals surface area contributed by atoms with Gasteiger partial charge in [-0.15, -0.1) is 0 Å². The highest BCUT2D eigenvalue weighted by Crippen LogP contribution is 2.16. The molecule has 1 amide bonds. The van der Waals surface area contributed by atoms with E-state index in [0.29, 0.717) is 16.6 Å². The Bertz CT molecular complexity index is 447. The van der Waals surface area contributed by atoms with Crippen molar-refractivity contribution in [3.8, 4) is 0 Å². The first kappa shape index (κ1) is 13.4. The van der Waals surface area contributed by atoms with Crippen molar-refractivity contribution >= 4 is 17.5 Å². The van der Waals surface area contributed by atoms with E-state index in [9.17, 15) is 4.79 Å². The van der Waals surface area contributed by atoms with Crippen LogP contribution in [0.1, 0.15) is 35.7 Å². The summed E-state index contributed by atoms with van der Waals surface area (Å²) in [5.74, 6) is -0.00952. The molecule has 18 heavy (non-hydrogen) atoms. The van der Waals surface area contributed by atoms with E-state index >= 15 is 0 Å². The van der Waals surface area contributed by atoms with Crippen LogP contribution in [-0.2, 0) is 0 Å². The smallest absolute Gasteiger partial charge is 0.251 e. The predicted octanol–water partition coefficient (Wildman–Crippen LogP) is 2.52. The minimum absolute atomic E-state index is 0.00952. The van der Waals surface area contributed by atoms with Crippen molar-refractivity contribution in [3.63, 3.8) is 0 Å². The van der Waals surface area contributed by atoms with Crippen molar-refractivity contribution in [1.29, 1.82) is 0 Å². The number of hydrogen-bond donors (Lipinski definition) is 2. The minimum Gasteiger partial charge on any atom is -0.348 e. The molecule has 98 valence electrons. The summed E-state index contributed by atoms with van der Waals surface area (Å²) in [6, 6.07) is 5.90. The van der Waals surface area contributed by atoms with Crippen LogP contribution >= 0.6 is 11.6 Å².